The molecule has 2 nitrogen and oxygen atoms in total. The van der Waals surface area contributed by atoms with Crippen LogP contribution in [0.25, 0.3) is 0 Å². The van der Waals surface area contributed by atoms with E-state index >= 15 is 0 Å². The Morgan fingerprint density at radius 1 is 1.47 bits per heavy atom. The highest BCUT2D eigenvalue weighted by Gasteiger charge is 2.37. The van der Waals surface area contributed by atoms with Gasteiger partial charge in [0.15, 0.2) is 0 Å². The second-order valence-electron chi connectivity index (χ2n) is 6.38. The fourth-order valence-electron chi connectivity index (χ4n) is 3.80. The average Bonchev–Trinajstić information content (AvgIpc) is 2.97. The standard InChI is InChI=1S/C16H22BrNO/c1-11-2-4-16(8-11,10-18)9-13-7-14(17)6-12-3-5-19-15(12)13/h6-7,11H,2-5,8-10,18H2,1H3. The molecule has 0 radical (unpaired) electrons. The molecular weight excluding hydrogens is 302 g/mol. The molecule has 1 heterocycles. The summed E-state index contributed by atoms with van der Waals surface area (Å²) >= 11 is 3.63. The molecule has 3 heteroatoms. The van der Waals surface area contributed by atoms with Crippen LogP contribution < -0.4 is 10.5 Å². The number of fused-ring (bicyclic) bond motifs is 1. The maximum atomic E-state index is 6.11. The van der Waals surface area contributed by atoms with E-state index in [1.165, 1.54) is 34.9 Å². The largest absolute Gasteiger partial charge is 0.493 e. The molecular formula is C16H22BrNO. The third kappa shape index (κ3) is 2.55. The van der Waals surface area contributed by atoms with E-state index in [2.05, 4.69) is 35.0 Å². The van der Waals surface area contributed by atoms with Crippen LogP contribution in [0.4, 0.5) is 0 Å². The van der Waals surface area contributed by atoms with Crippen LogP contribution in [0.15, 0.2) is 16.6 Å². The van der Waals surface area contributed by atoms with Crippen LogP contribution in [0.5, 0.6) is 5.75 Å². The normalized spacial score (nSPS) is 29.3. The van der Waals surface area contributed by atoms with Gasteiger partial charge in [0.05, 0.1) is 6.61 Å². The number of halogens is 1. The average molecular weight is 324 g/mol. The zero-order valence-electron chi connectivity index (χ0n) is 11.5. The third-order valence-electron chi connectivity index (χ3n) is 4.77. The molecule has 1 aliphatic carbocycles. The van der Waals surface area contributed by atoms with Crippen molar-refractivity contribution in [1.82, 2.24) is 0 Å². The lowest BCUT2D eigenvalue weighted by molar-refractivity contribution is 0.287. The van der Waals surface area contributed by atoms with Crippen LogP contribution in [0, 0.1) is 11.3 Å². The van der Waals surface area contributed by atoms with Gasteiger partial charge in [0, 0.05) is 10.9 Å². The molecule has 2 N–H and O–H groups in total. The molecule has 1 aromatic carbocycles. The first-order chi connectivity index (χ1) is 9.12. The van der Waals surface area contributed by atoms with Gasteiger partial charge in [-0.2, -0.15) is 0 Å². The summed E-state index contributed by atoms with van der Waals surface area (Å²) in [5, 5.41) is 0. The van der Waals surface area contributed by atoms with E-state index in [4.69, 9.17) is 10.5 Å². The molecule has 1 aliphatic heterocycles. The third-order valence-corrected chi connectivity index (χ3v) is 5.23. The molecule has 2 atom stereocenters. The lowest BCUT2D eigenvalue weighted by Crippen LogP contribution is -2.30. The predicted octanol–water partition coefficient (Wildman–Crippen LogP) is 3.69. The Balaban J connectivity index is 1.91. The minimum absolute atomic E-state index is 0.292. The van der Waals surface area contributed by atoms with Crippen LogP contribution in [-0.2, 0) is 12.8 Å². The minimum Gasteiger partial charge on any atom is -0.493 e. The van der Waals surface area contributed by atoms with Gasteiger partial charge in [0.1, 0.15) is 5.75 Å². The summed E-state index contributed by atoms with van der Waals surface area (Å²) in [6.45, 7) is 3.96. The lowest BCUT2D eigenvalue weighted by Gasteiger charge is -2.28. The van der Waals surface area contributed by atoms with Gasteiger partial charge in [-0.05, 0) is 60.4 Å². The molecule has 0 saturated heterocycles. The van der Waals surface area contributed by atoms with Crippen LogP contribution in [0.1, 0.15) is 37.3 Å². The van der Waals surface area contributed by atoms with Gasteiger partial charge in [-0.1, -0.05) is 29.3 Å². The molecule has 2 unspecified atom stereocenters. The number of nitrogens with two attached hydrogens (primary N) is 1. The van der Waals surface area contributed by atoms with Crippen LogP contribution in [-0.4, -0.2) is 13.2 Å². The summed E-state index contributed by atoms with van der Waals surface area (Å²) in [7, 11) is 0. The number of hydrogen-bond donors (Lipinski definition) is 1. The minimum atomic E-state index is 0.292. The summed E-state index contributed by atoms with van der Waals surface area (Å²) in [5.41, 5.74) is 9.10. The van der Waals surface area contributed by atoms with Crippen LogP contribution >= 0.6 is 15.9 Å². The second kappa shape index (κ2) is 5.10. The van der Waals surface area contributed by atoms with Crippen molar-refractivity contribution in [2.45, 2.75) is 39.0 Å². The Kier molecular flexibility index (Phi) is 3.61. The van der Waals surface area contributed by atoms with Crippen LogP contribution in [0.2, 0.25) is 0 Å². The maximum Gasteiger partial charge on any atom is 0.125 e. The molecule has 1 saturated carbocycles. The summed E-state index contributed by atoms with van der Waals surface area (Å²) in [6.07, 6.45) is 5.93. The monoisotopic (exact) mass is 323 g/mol. The van der Waals surface area contributed by atoms with Crippen molar-refractivity contribution in [2.24, 2.45) is 17.1 Å². The number of rotatable bonds is 3. The molecule has 0 aromatic heterocycles. The fourth-order valence-corrected chi connectivity index (χ4v) is 4.35. The maximum absolute atomic E-state index is 6.11. The summed E-state index contributed by atoms with van der Waals surface area (Å²) in [4.78, 5) is 0. The van der Waals surface area contributed by atoms with Crippen molar-refractivity contribution in [2.75, 3.05) is 13.2 Å². The van der Waals surface area contributed by atoms with E-state index in [0.717, 1.165) is 37.7 Å². The van der Waals surface area contributed by atoms with E-state index < -0.39 is 0 Å². The highest BCUT2D eigenvalue weighted by atomic mass is 79.9. The molecule has 1 aromatic rings. The number of hydrogen-bond acceptors (Lipinski definition) is 2. The zero-order valence-corrected chi connectivity index (χ0v) is 13.1. The van der Waals surface area contributed by atoms with E-state index in [1.807, 2.05) is 0 Å². The quantitative estimate of drug-likeness (QED) is 0.920. The first-order valence-electron chi connectivity index (χ1n) is 7.26. The van der Waals surface area contributed by atoms with Gasteiger partial charge in [-0.3, -0.25) is 0 Å². The first-order valence-corrected chi connectivity index (χ1v) is 8.05. The zero-order chi connectivity index (χ0) is 13.5. The summed E-state index contributed by atoms with van der Waals surface area (Å²) in [6, 6.07) is 4.42. The summed E-state index contributed by atoms with van der Waals surface area (Å²) in [5.74, 6) is 1.94. The molecule has 1 fully saturated rings. The van der Waals surface area contributed by atoms with Crippen LogP contribution in [0.3, 0.4) is 0 Å². The lowest BCUT2D eigenvalue weighted by atomic mass is 9.79. The Bertz CT molecular complexity index is 488. The Hall–Kier alpha value is -0.540. The van der Waals surface area contributed by atoms with Gasteiger partial charge in [-0.15, -0.1) is 0 Å². The fraction of sp³-hybridized carbons (Fsp3) is 0.625. The topological polar surface area (TPSA) is 35.2 Å². The SMILES string of the molecule is CC1CCC(CN)(Cc2cc(Br)cc3c2OCC3)C1. The molecule has 0 amide bonds. The van der Waals surface area contributed by atoms with Gasteiger partial charge < -0.3 is 10.5 Å². The number of ether oxygens (including phenoxy) is 1. The molecule has 19 heavy (non-hydrogen) atoms. The van der Waals surface area contributed by atoms with Gasteiger partial charge in [0.25, 0.3) is 0 Å². The van der Waals surface area contributed by atoms with Crippen molar-refractivity contribution >= 4 is 15.9 Å². The molecule has 104 valence electrons. The van der Waals surface area contributed by atoms with Gasteiger partial charge in [-0.25, -0.2) is 0 Å². The van der Waals surface area contributed by atoms with Crippen molar-refractivity contribution in [3.63, 3.8) is 0 Å². The second-order valence-corrected chi connectivity index (χ2v) is 7.30. The van der Waals surface area contributed by atoms with E-state index in [9.17, 15) is 0 Å². The van der Waals surface area contributed by atoms with Gasteiger partial charge >= 0.3 is 0 Å². The first kappa shape index (κ1) is 13.4. The van der Waals surface area contributed by atoms with Crippen molar-refractivity contribution in [3.05, 3.63) is 27.7 Å². The van der Waals surface area contributed by atoms with E-state index in [-0.39, 0.29) is 0 Å². The van der Waals surface area contributed by atoms with Crippen molar-refractivity contribution < 1.29 is 4.74 Å². The highest BCUT2D eigenvalue weighted by Crippen LogP contribution is 2.46. The van der Waals surface area contributed by atoms with Crippen molar-refractivity contribution in [1.29, 1.82) is 0 Å². The van der Waals surface area contributed by atoms with E-state index in [1.54, 1.807) is 0 Å². The van der Waals surface area contributed by atoms with Gasteiger partial charge in [0.2, 0.25) is 0 Å². The highest BCUT2D eigenvalue weighted by molar-refractivity contribution is 9.10. The summed E-state index contributed by atoms with van der Waals surface area (Å²) < 4.78 is 7.02. The Labute approximate surface area is 123 Å². The Morgan fingerprint density at radius 2 is 2.32 bits per heavy atom. The van der Waals surface area contributed by atoms with E-state index in [0.29, 0.717) is 5.41 Å². The Morgan fingerprint density at radius 3 is 3.00 bits per heavy atom. The molecule has 2 aliphatic rings. The molecule has 3 rings (SSSR count). The number of benzene rings is 1. The smallest absolute Gasteiger partial charge is 0.125 e. The van der Waals surface area contributed by atoms with Crippen molar-refractivity contribution in [3.8, 4) is 5.75 Å². The molecule has 0 bridgehead atoms. The predicted molar refractivity (Wildman–Crippen MR) is 81.5 cm³/mol. The molecule has 0 spiro atoms.